The lowest BCUT2D eigenvalue weighted by Gasteiger charge is -2.26. The van der Waals surface area contributed by atoms with Crippen molar-refractivity contribution >= 4 is 27.6 Å². The fraction of sp³-hybridized carbons (Fsp3) is 0.217. The summed E-state index contributed by atoms with van der Waals surface area (Å²) in [6.45, 7) is 1.19. The number of benzene rings is 2. The number of nitrogens with zero attached hydrogens (tertiary/aromatic N) is 1. The van der Waals surface area contributed by atoms with Gasteiger partial charge in [-0.05, 0) is 24.3 Å². The molecule has 4 rings (SSSR count). The SMILES string of the molecule is O=C(OC(C(=O)Nc1cccc(S(=O)(=O)N2CCOCC2)c1)c1ccccc1)c1ccoc1. The third kappa shape index (κ3) is 5.30. The Labute approximate surface area is 191 Å². The van der Waals surface area contributed by atoms with Gasteiger partial charge in [0, 0.05) is 24.3 Å². The van der Waals surface area contributed by atoms with Crippen LogP contribution in [-0.2, 0) is 24.3 Å². The van der Waals surface area contributed by atoms with Gasteiger partial charge in [-0.25, -0.2) is 13.2 Å². The van der Waals surface area contributed by atoms with Crippen LogP contribution in [0.4, 0.5) is 5.69 Å². The second kappa shape index (κ2) is 9.99. The number of ether oxygens (including phenoxy) is 2. The molecule has 1 atom stereocenters. The van der Waals surface area contributed by atoms with E-state index in [4.69, 9.17) is 13.9 Å². The first kappa shape index (κ1) is 22.7. The third-order valence-corrected chi connectivity index (χ3v) is 6.93. The van der Waals surface area contributed by atoms with Gasteiger partial charge in [0.1, 0.15) is 6.26 Å². The van der Waals surface area contributed by atoms with E-state index in [1.165, 1.54) is 41.1 Å². The van der Waals surface area contributed by atoms with Gasteiger partial charge in [-0.2, -0.15) is 4.31 Å². The van der Waals surface area contributed by atoms with Crippen LogP contribution in [-0.4, -0.2) is 50.9 Å². The predicted molar refractivity (Wildman–Crippen MR) is 118 cm³/mol. The Kier molecular flexibility index (Phi) is 6.87. The van der Waals surface area contributed by atoms with Crippen molar-refractivity contribution in [3.8, 4) is 0 Å². The minimum absolute atomic E-state index is 0.0499. The summed E-state index contributed by atoms with van der Waals surface area (Å²) < 4.78 is 42.8. The zero-order chi connectivity index (χ0) is 23.3. The highest BCUT2D eigenvalue weighted by molar-refractivity contribution is 7.89. The summed E-state index contributed by atoms with van der Waals surface area (Å²) in [5.41, 5.74) is 0.890. The molecule has 1 amide bonds. The van der Waals surface area contributed by atoms with E-state index in [-0.39, 0.29) is 29.2 Å². The van der Waals surface area contributed by atoms with E-state index in [0.717, 1.165) is 0 Å². The monoisotopic (exact) mass is 470 g/mol. The van der Waals surface area contributed by atoms with E-state index in [1.807, 2.05) is 0 Å². The van der Waals surface area contributed by atoms with Crippen LogP contribution < -0.4 is 5.32 Å². The average Bonchev–Trinajstić information content (AvgIpc) is 3.39. The number of carbonyl (C=O) groups is 2. The molecular formula is C23H22N2O7S. The number of nitrogens with one attached hydrogen (secondary N) is 1. The maximum absolute atomic E-state index is 13.1. The molecule has 1 unspecified atom stereocenters. The van der Waals surface area contributed by atoms with E-state index < -0.39 is 28.0 Å². The Balaban J connectivity index is 1.55. The van der Waals surface area contributed by atoms with Crippen LogP contribution in [0.5, 0.6) is 0 Å². The molecule has 1 N–H and O–H groups in total. The normalized spacial score (nSPS) is 15.5. The molecule has 33 heavy (non-hydrogen) atoms. The fourth-order valence-electron chi connectivity index (χ4n) is 3.33. The molecule has 10 heteroatoms. The van der Waals surface area contributed by atoms with E-state index in [0.29, 0.717) is 18.8 Å². The fourth-order valence-corrected chi connectivity index (χ4v) is 4.79. The Morgan fingerprint density at radius 3 is 2.45 bits per heavy atom. The molecule has 1 aromatic heterocycles. The molecule has 2 aromatic carbocycles. The van der Waals surface area contributed by atoms with Crippen LogP contribution in [0.1, 0.15) is 22.0 Å². The summed E-state index contributed by atoms with van der Waals surface area (Å²) in [7, 11) is -3.74. The Morgan fingerprint density at radius 1 is 1.00 bits per heavy atom. The molecule has 0 bridgehead atoms. The largest absolute Gasteiger partial charge is 0.472 e. The van der Waals surface area contributed by atoms with E-state index >= 15 is 0 Å². The number of rotatable bonds is 7. The lowest BCUT2D eigenvalue weighted by molar-refractivity contribution is -0.125. The van der Waals surface area contributed by atoms with Gasteiger partial charge in [0.15, 0.2) is 0 Å². The first-order valence-electron chi connectivity index (χ1n) is 10.2. The smallest absolute Gasteiger partial charge is 0.342 e. The van der Waals surface area contributed by atoms with Crippen molar-refractivity contribution in [1.82, 2.24) is 4.31 Å². The summed E-state index contributed by atoms with van der Waals surface area (Å²) in [6, 6.07) is 15.9. The van der Waals surface area contributed by atoms with Crippen molar-refractivity contribution in [2.75, 3.05) is 31.6 Å². The van der Waals surface area contributed by atoms with Crippen LogP contribution in [0.3, 0.4) is 0 Å². The Bertz CT molecular complexity index is 1200. The molecule has 1 aliphatic rings. The second-order valence-electron chi connectivity index (χ2n) is 7.24. The number of esters is 1. The van der Waals surface area contributed by atoms with Crippen molar-refractivity contribution in [1.29, 1.82) is 0 Å². The molecule has 3 aromatic rings. The van der Waals surface area contributed by atoms with E-state index in [2.05, 4.69) is 5.32 Å². The number of furan rings is 1. The molecule has 2 heterocycles. The Morgan fingerprint density at radius 2 is 1.76 bits per heavy atom. The number of sulfonamides is 1. The lowest BCUT2D eigenvalue weighted by atomic mass is 10.1. The Hall–Kier alpha value is -3.47. The summed E-state index contributed by atoms with van der Waals surface area (Å²) in [4.78, 5) is 25.6. The quantitative estimate of drug-likeness (QED) is 0.528. The van der Waals surface area contributed by atoms with Gasteiger partial charge in [-0.1, -0.05) is 36.4 Å². The first-order valence-corrected chi connectivity index (χ1v) is 11.7. The zero-order valence-corrected chi connectivity index (χ0v) is 18.4. The lowest BCUT2D eigenvalue weighted by Crippen LogP contribution is -2.40. The highest BCUT2D eigenvalue weighted by Gasteiger charge is 2.28. The van der Waals surface area contributed by atoms with Crippen molar-refractivity contribution in [2.24, 2.45) is 0 Å². The van der Waals surface area contributed by atoms with Gasteiger partial charge < -0.3 is 19.2 Å². The van der Waals surface area contributed by atoms with E-state index in [9.17, 15) is 18.0 Å². The third-order valence-electron chi connectivity index (χ3n) is 5.03. The maximum atomic E-state index is 13.1. The van der Waals surface area contributed by atoms with Crippen LogP contribution in [0.2, 0.25) is 0 Å². The number of hydrogen-bond acceptors (Lipinski definition) is 7. The number of hydrogen-bond donors (Lipinski definition) is 1. The molecule has 1 saturated heterocycles. The average molecular weight is 471 g/mol. The van der Waals surface area contributed by atoms with Crippen molar-refractivity contribution in [3.63, 3.8) is 0 Å². The summed E-state index contributed by atoms with van der Waals surface area (Å²) in [5.74, 6) is -1.35. The highest BCUT2D eigenvalue weighted by Crippen LogP contribution is 2.24. The highest BCUT2D eigenvalue weighted by atomic mass is 32.2. The van der Waals surface area contributed by atoms with Crippen molar-refractivity contribution < 1.29 is 31.9 Å². The van der Waals surface area contributed by atoms with Crippen molar-refractivity contribution in [2.45, 2.75) is 11.0 Å². The minimum Gasteiger partial charge on any atom is -0.472 e. The maximum Gasteiger partial charge on any atom is 0.342 e. The topological polar surface area (TPSA) is 115 Å². The van der Waals surface area contributed by atoms with Crippen LogP contribution in [0.15, 0.2) is 82.5 Å². The predicted octanol–water partition coefficient (Wildman–Crippen LogP) is 2.84. The van der Waals surface area contributed by atoms with Gasteiger partial charge in [-0.15, -0.1) is 0 Å². The van der Waals surface area contributed by atoms with Gasteiger partial charge >= 0.3 is 5.97 Å². The minimum atomic E-state index is -3.74. The molecule has 172 valence electrons. The van der Waals surface area contributed by atoms with Crippen LogP contribution >= 0.6 is 0 Å². The van der Waals surface area contributed by atoms with Gasteiger partial charge in [0.05, 0.1) is 29.9 Å². The van der Waals surface area contributed by atoms with Gasteiger partial charge in [0.25, 0.3) is 5.91 Å². The summed E-state index contributed by atoms with van der Waals surface area (Å²) >= 11 is 0. The molecule has 0 radical (unpaired) electrons. The molecule has 1 aliphatic heterocycles. The van der Waals surface area contributed by atoms with Gasteiger partial charge in [0.2, 0.25) is 16.1 Å². The standard InChI is InChI=1S/C23H22N2O7S/c26-22(21(17-5-2-1-3-6-17)32-23(27)18-9-12-31-16-18)24-19-7-4-8-20(15-19)33(28,29)25-10-13-30-14-11-25/h1-9,12,15-16,21H,10-11,13-14H2,(H,24,26). The van der Waals surface area contributed by atoms with E-state index in [1.54, 1.807) is 36.4 Å². The zero-order valence-electron chi connectivity index (χ0n) is 17.5. The number of amides is 1. The summed E-state index contributed by atoms with van der Waals surface area (Å²) in [6.07, 6.45) is 1.30. The molecule has 0 spiro atoms. The summed E-state index contributed by atoms with van der Waals surface area (Å²) in [5, 5.41) is 2.66. The number of anilines is 1. The van der Waals surface area contributed by atoms with Crippen LogP contribution in [0.25, 0.3) is 0 Å². The number of carbonyl (C=O) groups excluding carboxylic acids is 2. The second-order valence-corrected chi connectivity index (χ2v) is 9.18. The molecule has 0 saturated carbocycles. The van der Waals surface area contributed by atoms with Gasteiger partial charge in [-0.3, -0.25) is 4.79 Å². The first-order chi connectivity index (χ1) is 15.9. The number of morpholine rings is 1. The van der Waals surface area contributed by atoms with Crippen molar-refractivity contribution in [3.05, 3.63) is 84.3 Å². The molecule has 1 fully saturated rings. The molecule has 0 aliphatic carbocycles. The molecule has 9 nitrogen and oxygen atoms in total. The van der Waals surface area contributed by atoms with Crippen LogP contribution in [0, 0.1) is 0 Å². The molecular weight excluding hydrogens is 448 g/mol.